The van der Waals surface area contributed by atoms with Crippen LogP contribution in [0, 0.1) is 5.92 Å². The van der Waals surface area contributed by atoms with Crippen molar-refractivity contribution >= 4 is 5.97 Å². The molecule has 0 aromatic heterocycles. The fourth-order valence-electron chi connectivity index (χ4n) is 2.73. The van der Waals surface area contributed by atoms with Crippen molar-refractivity contribution < 1.29 is 9.53 Å². The van der Waals surface area contributed by atoms with Crippen LogP contribution in [0.15, 0.2) is 30.3 Å². The Bertz CT molecular complexity index is 389. The lowest BCUT2D eigenvalue weighted by molar-refractivity contribution is -0.151. The molecule has 0 bridgehead atoms. The van der Waals surface area contributed by atoms with Crippen LogP contribution in [0.3, 0.4) is 0 Å². The summed E-state index contributed by atoms with van der Waals surface area (Å²) in [7, 11) is 0. The van der Waals surface area contributed by atoms with Crippen molar-refractivity contribution in [1.29, 1.82) is 0 Å². The highest BCUT2D eigenvalue weighted by Crippen LogP contribution is 2.42. The Morgan fingerprint density at radius 2 is 1.83 bits per heavy atom. The molecule has 98 valence electrons. The first kappa shape index (κ1) is 13.1. The molecule has 0 radical (unpaired) electrons. The van der Waals surface area contributed by atoms with E-state index >= 15 is 0 Å². The van der Waals surface area contributed by atoms with Crippen molar-refractivity contribution in [3.63, 3.8) is 0 Å². The van der Waals surface area contributed by atoms with Crippen LogP contribution >= 0.6 is 0 Å². The van der Waals surface area contributed by atoms with Gasteiger partial charge in [-0.25, -0.2) is 0 Å². The fraction of sp³-hybridized carbons (Fsp3) is 0.562. The van der Waals surface area contributed by atoms with Gasteiger partial charge < -0.3 is 4.74 Å². The van der Waals surface area contributed by atoms with E-state index in [9.17, 15) is 4.79 Å². The van der Waals surface area contributed by atoms with E-state index < -0.39 is 0 Å². The Kier molecular flexibility index (Phi) is 4.05. The number of rotatable bonds is 4. The van der Waals surface area contributed by atoms with Gasteiger partial charge in [-0.15, -0.1) is 0 Å². The fourth-order valence-corrected chi connectivity index (χ4v) is 2.73. The number of hydrogen-bond donors (Lipinski definition) is 0. The van der Waals surface area contributed by atoms with Gasteiger partial charge in [0, 0.05) is 0 Å². The maximum absolute atomic E-state index is 12.4. The number of ether oxygens (including phenoxy) is 1. The molecule has 1 saturated carbocycles. The third-order valence-corrected chi connectivity index (χ3v) is 3.72. The molecule has 0 N–H and O–H groups in total. The molecule has 2 nitrogen and oxygen atoms in total. The van der Waals surface area contributed by atoms with E-state index in [-0.39, 0.29) is 11.4 Å². The quantitative estimate of drug-likeness (QED) is 0.757. The summed E-state index contributed by atoms with van der Waals surface area (Å²) in [6, 6.07) is 10.1. The molecular weight excluding hydrogens is 224 g/mol. The molecule has 2 heteroatoms. The van der Waals surface area contributed by atoms with E-state index in [1.165, 1.54) is 0 Å². The van der Waals surface area contributed by atoms with Crippen LogP contribution < -0.4 is 0 Å². The van der Waals surface area contributed by atoms with Gasteiger partial charge in [0.05, 0.1) is 12.0 Å². The predicted molar refractivity (Wildman–Crippen MR) is 72.4 cm³/mol. The van der Waals surface area contributed by atoms with E-state index in [4.69, 9.17) is 4.74 Å². The lowest BCUT2D eigenvalue weighted by Crippen LogP contribution is -2.35. The van der Waals surface area contributed by atoms with Crippen LogP contribution in [-0.4, -0.2) is 12.6 Å². The number of hydrogen-bond acceptors (Lipinski definition) is 2. The minimum absolute atomic E-state index is 0.0279. The molecule has 0 heterocycles. The number of carbonyl (C=O) groups excluding carboxylic acids is 1. The van der Waals surface area contributed by atoms with Crippen LogP contribution in [0.1, 0.15) is 45.1 Å². The molecule has 0 spiro atoms. The molecule has 1 fully saturated rings. The minimum atomic E-state index is -0.379. The summed E-state index contributed by atoms with van der Waals surface area (Å²) in [6.07, 6.45) is 4.08. The molecule has 1 aliphatic carbocycles. The van der Waals surface area contributed by atoms with E-state index in [0.717, 1.165) is 31.2 Å². The molecule has 2 rings (SSSR count). The second kappa shape index (κ2) is 5.55. The van der Waals surface area contributed by atoms with Gasteiger partial charge in [-0.3, -0.25) is 4.79 Å². The van der Waals surface area contributed by atoms with Crippen LogP contribution in [0.4, 0.5) is 0 Å². The standard InChI is InChI=1S/C16H22O2/c1-13(2)12-18-15(17)16(10-6-7-11-16)14-8-4-3-5-9-14/h3-5,8-9,13H,6-7,10-12H2,1-2H3. The van der Waals surface area contributed by atoms with Gasteiger partial charge in [-0.05, 0) is 24.3 Å². The van der Waals surface area contributed by atoms with Crippen LogP contribution in [-0.2, 0) is 14.9 Å². The van der Waals surface area contributed by atoms with Gasteiger partial charge in [-0.2, -0.15) is 0 Å². The monoisotopic (exact) mass is 246 g/mol. The highest BCUT2D eigenvalue weighted by Gasteiger charge is 2.44. The largest absolute Gasteiger partial charge is 0.465 e. The van der Waals surface area contributed by atoms with Gasteiger partial charge in [0.1, 0.15) is 0 Å². The summed E-state index contributed by atoms with van der Waals surface area (Å²) in [5.74, 6) is 0.364. The minimum Gasteiger partial charge on any atom is -0.465 e. The summed E-state index contributed by atoms with van der Waals surface area (Å²) >= 11 is 0. The Morgan fingerprint density at radius 1 is 1.22 bits per heavy atom. The molecule has 0 atom stereocenters. The summed E-state index contributed by atoms with van der Waals surface area (Å²) in [5, 5.41) is 0. The average molecular weight is 246 g/mol. The van der Waals surface area contributed by atoms with Crippen molar-refractivity contribution in [1.82, 2.24) is 0 Å². The lowest BCUT2D eigenvalue weighted by Gasteiger charge is -2.27. The van der Waals surface area contributed by atoms with E-state index in [1.807, 2.05) is 18.2 Å². The maximum Gasteiger partial charge on any atom is 0.316 e. The van der Waals surface area contributed by atoms with Crippen molar-refractivity contribution in [3.8, 4) is 0 Å². The Labute approximate surface area is 109 Å². The average Bonchev–Trinajstić information content (AvgIpc) is 2.87. The molecule has 0 aliphatic heterocycles. The Balaban J connectivity index is 2.19. The normalized spacial score (nSPS) is 17.9. The third kappa shape index (κ3) is 2.58. The molecule has 0 unspecified atom stereocenters. The van der Waals surface area contributed by atoms with E-state index in [0.29, 0.717) is 12.5 Å². The molecule has 0 saturated heterocycles. The summed E-state index contributed by atoms with van der Waals surface area (Å²) < 4.78 is 5.51. The zero-order valence-corrected chi connectivity index (χ0v) is 11.3. The molecule has 1 aromatic carbocycles. The molecule has 1 aromatic rings. The number of carbonyl (C=O) groups is 1. The summed E-state index contributed by atoms with van der Waals surface area (Å²) in [6.45, 7) is 4.65. The first-order chi connectivity index (χ1) is 8.65. The maximum atomic E-state index is 12.4. The van der Waals surface area contributed by atoms with Crippen LogP contribution in [0.25, 0.3) is 0 Å². The number of benzene rings is 1. The Hall–Kier alpha value is -1.31. The van der Waals surface area contributed by atoms with Crippen molar-refractivity contribution in [2.75, 3.05) is 6.61 Å². The third-order valence-electron chi connectivity index (χ3n) is 3.72. The second-order valence-electron chi connectivity index (χ2n) is 5.65. The van der Waals surface area contributed by atoms with Crippen LogP contribution in [0.2, 0.25) is 0 Å². The van der Waals surface area contributed by atoms with Crippen molar-refractivity contribution in [2.45, 2.75) is 44.9 Å². The zero-order valence-electron chi connectivity index (χ0n) is 11.3. The number of esters is 1. The molecule has 0 amide bonds. The van der Waals surface area contributed by atoms with E-state index in [1.54, 1.807) is 0 Å². The van der Waals surface area contributed by atoms with E-state index in [2.05, 4.69) is 26.0 Å². The predicted octanol–water partition coefficient (Wildman–Crippen LogP) is 3.70. The highest BCUT2D eigenvalue weighted by atomic mass is 16.5. The summed E-state index contributed by atoms with van der Waals surface area (Å²) in [5.41, 5.74) is 0.743. The van der Waals surface area contributed by atoms with Crippen molar-refractivity contribution in [2.24, 2.45) is 5.92 Å². The molecule has 1 aliphatic rings. The van der Waals surface area contributed by atoms with Gasteiger partial charge in [-0.1, -0.05) is 57.0 Å². The van der Waals surface area contributed by atoms with Gasteiger partial charge in [0.2, 0.25) is 0 Å². The topological polar surface area (TPSA) is 26.3 Å². The van der Waals surface area contributed by atoms with Crippen molar-refractivity contribution in [3.05, 3.63) is 35.9 Å². The zero-order chi connectivity index (χ0) is 13.0. The second-order valence-corrected chi connectivity index (χ2v) is 5.65. The highest BCUT2D eigenvalue weighted by molar-refractivity contribution is 5.83. The van der Waals surface area contributed by atoms with Gasteiger partial charge >= 0.3 is 5.97 Å². The summed E-state index contributed by atoms with van der Waals surface area (Å²) in [4.78, 5) is 12.4. The Morgan fingerprint density at radius 3 is 2.39 bits per heavy atom. The SMILES string of the molecule is CC(C)COC(=O)C1(c2ccccc2)CCCC1. The first-order valence-electron chi connectivity index (χ1n) is 6.88. The molecule has 18 heavy (non-hydrogen) atoms. The van der Waals surface area contributed by atoms with Gasteiger partial charge in [0.25, 0.3) is 0 Å². The van der Waals surface area contributed by atoms with Crippen LogP contribution in [0.5, 0.6) is 0 Å². The molecular formula is C16H22O2. The first-order valence-corrected chi connectivity index (χ1v) is 6.88. The lowest BCUT2D eigenvalue weighted by atomic mass is 9.79. The van der Waals surface area contributed by atoms with Gasteiger partial charge in [0.15, 0.2) is 0 Å². The smallest absolute Gasteiger partial charge is 0.316 e.